The van der Waals surface area contributed by atoms with Crippen molar-refractivity contribution in [3.05, 3.63) is 72.9 Å². The van der Waals surface area contributed by atoms with E-state index in [1.54, 1.807) is 6.08 Å². The Bertz CT molecular complexity index is 1060. The van der Waals surface area contributed by atoms with Gasteiger partial charge in [-0.15, -0.1) is 0 Å². The molecule has 0 aromatic rings. The number of carbonyl (C=O) groups is 1. The zero-order valence-electron chi connectivity index (χ0n) is 32.0. The van der Waals surface area contributed by atoms with Crippen LogP contribution < -0.4 is 5.32 Å². The molecule has 0 saturated carbocycles. The third-order valence-corrected chi connectivity index (χ3v) is 9.37. The number of carbonyl (C=O) groups excluding carboxylic acids is 1. The third-order valence-electron chi connectivity index (χ3n) is 8.59. The molecule has 0 bridgehead atoms. The first kappa shape index (κ1) is 47.8. The van der Waals surface area contributed by atoms with E-state index < -0.39 is 28.0 Å². The number of rotatable bonds is 35. The van der Waals surface area contributed by atoms with Crippen LogP contribution in [0.4, 0.5) is 0 Å². The molecule has 7 heteroatoms. The molecular weight excluding hydrogens is 643 g/mol. The van der Waals surface area contributed by atoms with E-state index >= 15 is 0 Å². The summed E-state index contributed by atoms with van der Waals surface area (Å²) in [5.41, 5.74) is 0. The van der Waals surface area contributed by atoms with Crippen molar-refractivity contribution in [3.8, 4) is 0 Å². The van der Waals surface area contributed by atoms with Crippen molar-refractivity contribution in [1.29, 1.82) is 0 Å². The van der Waals surface area contributed by atoms with E-state index in [9.17, 15) is 22.9 Å². The van der Waals surface area contributed by atoms with Crippen LogP contribution in [0.15, 0.2) is 72.9 Å². The van der Waals surface area contributed by atoms with Crippen LogP contribution in [0, 0.1) is 0 Å². The summed E-state index contributed by atoms with van der Waals surface area (Å²) in [7, 11) is -4.36. The van der Waals surface area contributed by atoms with Gasteiger partial charge in [0.05, 0.1) is 17.9 Å². The average Bonchev–Trinajstić information content (AvgIpc) is 3.08. The highest BCUT2D eigenvalue weighted by Gasteiger charge is 2.24. The van der Waals surface area contributed by atoms with Crippen LogP contribution in [0.3, 0.4) is 0 Å². The summed E-state index contributed by atoms with van der Waals surface area (Å²) in [6, 6.07) is -1.09. The number of unbranched alkanes of at least 4 members (excludes halogenated alkanes) is 17. The first-order valence-corrected chi connectivity index (χ1v) is 21.7. The Morgan fingerprint density at radius 2 is 0.980 bits per heavy atom. The van der Waals surface area contributed by atoms with E-state index in [0.717, 1.165) is 64.2 Å². The van der Waals surface area contributed by atoms with Gasteiger partial charge in [0.15, 0.2) is 0 Å². The van der Waals surface area contributed by atoms with Crippen molar-refractivity contribution in [2.75, 3.05) is 5.75 Å². The van der Waals surface area contributed by atoms with Gasteiger partial charge in [-0.25, -0.2) is 0 Å². The molecule has 288 valence electrons. The Balaban J connectivity index is 4.05. The van der Waals surface area contributed by atoms with Gasteiger partial charge < -0.3 is 10.4 Å². The van der Waals surface area contributed by atoms with Gasteiger partial charge in [-0.3, -0.25) is 9.35 Å². The average molecular weight is 718 g/mol. The number of hydrogen-bond donors (Lipinski definition) is 3. The maximum absolute atomic E-state index is 12.5. The fraction of sp³-hybridized carbons (Fsp3) is 0.698. The Labute approximate surface area is 308 Å². The Kier molecular flexibility index (Phi) is 34.9. The maximum Gasteiger partial charge on any atom is 0.267 e. The van der Waals surface area contributed by atoms with Crippen molar-refractivity contribution in [1.82, 2.24) is 5.32 Å². The van der Waals surface area contributed by atoms with Crippen LogP contribution in [-0.4, -0.2) is 41.9 Å². The predicted octanol–water partition coefficient (Wildman–Crippen LogP) is 11.8. The normalized spacial score (nSPS) is 14.1. The number of hydrogen-bond acceptors (Lipinski definition) is 4. The highest BCUT2D eigenvalue weighted by atomic mass is 32.2. The zero-order chi connectivity index (χ0) is 36.8. The highest BCUT2D eigenvalue weighted by molar-refractivity contribution is 7.85. The number of allylic oxidation sites excluding steroid dienone is 11. The number of amides is 1. The van der Waals surface area contributed by atoms with Crippen LogP contribution in [0.1, 0.15) is 174 Å². The molecule has 0 fully saturated rings. The zero-order valence-corrected chi connectivity index (χ0v) is 32.8. The number of aliphatic hydroxyl groups is 1. The molecule has 0 radical (unpaired) electrons. The van der Waals surface area contributed by atoms with Crippen LogP contribution in [0.25, 0.3) is 0 Å². The summed E-state index contributed by atoms with van der Waals surface area (Å²) in [5.74, 6) is -1.03. The molecule has 1 amide bonds. The van der Waals surface area contributed by atoms with Gasteiger partial charge in [-0.05, 0) is 77.0 Å². The number of aliphatic hydroxyl groups excluding tert-OH is 1. The van der Waals surface area contributed by atoms with Crippen molar-refractivity contribution in [2.24, 2.45) is 0 Å². The molecule has 0 aromatic heterocycles. The maximum atomic E-state index is 12.5. The summed E-state index contributed by atoms with van der Waals surface area (Å²) in [4.78, 5) is 12.5. The van der Waals surface area contributed by atoms with Crippen LogP contribution in [0.5, 0.6) is 0 Å². The summed E-state index contributed by atoms with van der Waals surface area (Å²) >= 11 is 0. The van der Waals surface area contributed by atoms with Gasteiger partial charge in [-0.2, -0.15) is 8.42 Å². The molecule has 6 nitrogen and oxygen atoms in total. The van der Waals surface area contributed by atoms with Gasteiger partial charge in [0.2, 0.25) is 5.91 Å². The minimum absolute atomic E-state index is 0.270. The second-order valence-corrected chi connectivity index (χ2v) is 15.0. The molecular formula is C43H75NO5S. The van der Waals surface area contributed by atoms with E-state index in [1.807, 2.05) is 0 Å². The van der Waals surface area contributed by atoms with Crippen LogP contribution in [0.2, 0.25) is 0 Å². The molecule has 0 aliphatic rings. The van der Waals surface area contributed by atoms with Gasteiger partial charge in [0.1, 0.15) is 0 Å². The number of nitrogens with one attached hydrogen (secondary N) is 1. The minimum Gasteiger partial charge on any atom is -0.387 e. The van der Waals surface area contributed by atoms with E-state index in [-0.39, 0.29) is 12.3 Å². The van der Waals surface area contributed by atoms with Gasteiger partial charge in [-0.1, -0.05) is 164 Å². The monoisotopic (exact) mass is 718 g/mol. The van der Waals surface area contributed by atoms with E-state index in [1.165, 1.54) is 83.1 Å². The lowest BCUT2D eigenvalue weighted by Gasteiger charge is -2.21. The van der Waals surface area contributed by atoms with Crippen molar-refractivity contribution < 1.29 is 22.9 Å². The molecule has 0 spiro atoms. The Morgan fingerprint density at radius 1 is 0.560 bits per heavy atom. The molecule has 0 saturated heterocycles. The van der Waals surface area contributed by atoms with E-state index in [2.05, 4.69) is 79.9 Å². The predicted molar refractivity (Wildman–Crippen MR) is 216 cm³/mol. The van der Waals surface area contributed by atoms with Crippen molar-refractivity contribution >= 4 is 16.0 Å². The minimum atomic E-state index is -4.36. The van der Waals surface area contributed by atoms with Gasteiger partial charge in [0.25, 0.3) is 10.1 Å². The first-order valence-electron chi connectivity index (χ1n) is 20.1. The lowest BCUT2D eigenvalue weighted by molar-refractivity contribution is -0.122. The molecule has 0 aliphatic carbocycles. The Hall–Kier alpha value is -2.22. The summed E-state index contributed by atoms with van der Waals surface area (Å²) < 4.78 is 32.5. The molecule has 50 heavy (non-hydrogen) atoms. The van der Waals surface area contributed by atoms with E-state index in [0.29, 0.717) is 12.8 Å². The smallest absolute Gasteiger partial charge is 0.267 e. The largest absolute Gasteiger partial charge is 0.387 e. The van der Waals surface area contributed by atoms with Crippen molar-refractivity contribution in [3.63, 3.8) is 0 Å². The third kappa shape index (κ3) is 37.0. The molecule has 0 aliphatic heterocycles. The fourth-order valence-corrected chi connectivity index (χ4v) is 6.35. The van der Waals surface area contributed by atoms with Crippen LogP contribution in [-0.2, 0) is 14.9 Å². The molecule has 0 aromatic carbocycles. The summed E-state index contributed by atoms with van der Waals surface area (Å²) in [6.07, 6.45) is 51.7. The van der Waals surface area contributed by atoms with Crippen molar-refractivity contribution in [2.45, 2.75) is 187 Å². The van der Waals surface area contributed by atoms with E-state index in [4.69, 9.17) is 0 Å². The second-order valence-electron chi connectivity index (χ2n) is 13.5. The SMILES string of the molecule is CC/C=C\C/C=C\C/C=C\CCCCCCCCCC(=O)NC(CS(=O)(=O)O)C(O)/C=C/CC/C=C/CC/C=C/CCCCCCCCCC. The molecule has 2 atom stereocenters. The molecule has 0 heterocycles. The first-order chi connectivity index (χ1) is 24.3. The second kappa shape index (κ2) is 36.6. The Morgan fingerprint density at radius 3 is 1.50 bits per heavy atom. The van der Waals surface area contributed by atoms with Gasteiger partial charge >= 0.3 is 0 Å². The summed E-state index contributed by atoms with van der Waals surface area (Å²) in [5, 5.41) is 13.2. The molecule has 3 N–H and O–H groups in total. The quantitative estimate of drug-likeness (QED) is 0.0344. The highest BCUT2D eigenvalue weighted by Crippen LogP contribution is 2.12. The summed E-state index contributed by atoms with van der Waals surface area (Å²) in [6.45, 7) is 4.40. The molecule has 0 rings (SSSR count). The topological polar surface area (TPSA) is 104 Å². The van der Waals surface area contributed by atoms with Crippen LogP contribution >= 0.6 is 0 Å². The molecule has 2 unspecified atom stereocenters. The fourth-order valence-electron chi connectivity index (χ4n) is 5.61. The van der Waals surface area contributed by atoms with Gasteiger partial charge in [0, 0.05) is 6.42 Å². The lowest BCUT2D eigenvalue weighted by Crippen LogP contribution is -2.46. The standard InChI is InChI=1S/C43H75NO5S/c1-3-5-7-9-11-13-15-17-19-21-23-24-26-28-30-32-34-36-38-42(45)41(40-50(47,48)49)44-43(46)39-37-35-33-31-29-27-25-22-20-18-16-14-12-10-8-6-4-2/h6,8,12,14,18,20-21,23,28,30,36,38,41-42,45H,3-5,7,9-11,13,15-17,19,22,24-27,29,31-35,37,39-40H2,1-2H3,(H,44,46)(H,47,48,49)/b8-6-,14-12-,20-18-,23-21+,30-28+,38-36+. The lowest BCUT2D eigenvalue weighted by atomic mass is 10.1.